The van der Waals surface area contributed by atoms with E-state index in [0.29, 0.717) is 26.9 Å². The summed E-state index contributed by atoms with van der Waals surface area (Å²) in [5.74, 6) is 0.509. The lowest BCUT2D eigenvalue weighted by Gasteiger charge is -2.30. The van der Waals surface area contributed by atoms with Crippen LogP contribution in [0.5, 0.6) is 5.75 Å². The lowest BCUT2D eigenvalue weighted by Crippen LogP contribution is -2.29. The first-order valence-electron chi connectivity index (χ1n) is 6.13. The molecule has 0 radical (unpaired) electrons. The van der Waals surface area contributed by atoms with Crippen LogP contribution >= 0.6 is 0 Å². The minimum atomic E-state index is -1.29. The molecule has 1 aliphatic rings. The Morgan fingerprint density at radius 1 is 1.15 bits per heavy atom. The summed E-state index contributed by atoms with van der Waals surface area (Å²) in [4.78, 5) is 14.9. The highest BCUT2D eigenvalue weighted by Gasteiger charge is 2.35. The molecule has 0 spiro atoms. The van der Waals surface area contributed by atoms with E-state index in [9.17, 15) is 9.35 Å². The van der Waals surface area contributed by atoms with Crippen molar-refractivity contribution >= 4 is 28.5 Å². The quantitative estimate of drug-likeness (QED) is 0.758. The van der Waals surface area contributed by atoms with Gasteiger partial charge in [0, 0.05) is 24.2 Å². The van der Waals surface area contributed by atoms with Gasteiger partial charge in [-0.05, 0) is 24.3 Å². The van der Waals surface area contributed by atoms with Gasteiger partial charge in [-0.2, -0.15) is 0 Å². The fourth-order valence-corrected chi connectivity index (χ4v) is 3.66. The van der Waals surface area contributed by atoms with E-state index >= 15 is 0 Å². The highest BCUT2D eigenvalue weighted by Crippen LogP contribution is 2.45. The number of hydrogen-bond acceptors (Lipinski definition) is 3. The summed E-state index contributed by atoms with van der Waals surface area (Å²) in [6.07, 6.45) is 0. The number of anilines is 2. The van der Waals surface area contributed by atoms with Crippen molar-refractivity contribution < 1.29 is 14.1 Å². The van der Waals surface area contributed by atoms with Crippen molar-refractivity contribution in [2.75, 3.05) is 12.0 Å². The summed E-state index contributed by atoms with van der Waals surface area (Å²) in [6, 6.07) is 12.5. The second-order valence-corrected chi connectivity index (χ2v) is 5.84. The van der Waals surface area contributed by atoms with Crippen molar-refractivity contribution in [1.29, 1.82) is 0 Å². The Labute approximate surface area is 120 Å². The lowest BCUT2D eigenvalue weighted by atomic mass is 10.2. The molecule has 1 atom stereocenters. The number of hydrogen-bond donors (Lipinski definition) is 0. The van der Waals surface area contributed by atoms with Crippen molar-refractivity contribution in [1.82, 2.24) is 0 Å². The number of fused-ring (bicyclic) bond motifs is 2. The average Bonchev–Trinajstić information content (AvgIpc) is 2.46. The molecule has 2 aromatic rings. The van der Waals surface area contributed by atoms with Crippen LogP contribution in [0.15, 0.2) is 52.3 Å². The van der Waals surface area contributed by atoms with Gasteiger partial charge in [0.15, 0.2) is 9.79 Å². The Morgan fingerprint density at radius 3 is 2.55 bits per heavy atom. The van der Waals surface area contributed by atoms with Crippen molar-refractivity contribution in [2.45, 2.75) is 16.7 Å². The number of benzene rings is 2. The fourth-order valence-electron chi connectivity index (χ4n) is 2.34. The van der Waals surface area contributed by atoms with E-state index in [1.165, 1.54) is 6.92 Å². The SMILES string of the molecule is COc1ccc2c(c1)N(C(C)=O)c1ccccc1[S+]2[O-]. The van der Waals surface area contributed by atoms with Gasteiger partial charge in [-0.3, -0.25) is 9.69 Å². The predicted octanol–water partition coefficient (Wildman–Crippen LogP) is 2.86. The van der Waals surface area contributed by atoms with Gasteiger partial charge in [0.05, 0.1) is 7.11 Å². The molecule has 5 heteroatoms. The first-order chi connectivity index (χ1) is 9.63. The van der Waals surface area contributed by atoms with Crippen LogP contribution in [0.3, 0.4) is 0 Å². The standard InChI is InChI=1S/C15H13NO3S/c1-10(17)16-12-5-3-4-6-14(12)20(18)15-8-7-11(19-2)9-13(15)16/h3-9H,1-2H3. The Hall–Kier alpha value is -1.98. The number of amides is 1. The van der Waals surface area contributed by atoms with Gasteiger partial charge in [-0.1, -0.05) is 12.1 Å². The number of carbonyl (C=O) groups excluding carboxylic acids is 1. The third kappa shape index (κ3) is 1.87. The highest BCUT2D eigenvalue weighted by molar-refractivity contribution is 7.92. The molecule has 1 unspecified atom stereocenters. The molecular formula is C15H13NO3S. The lowest BCUT2D eigenvalue weighted by molar-refractivity contribution is -0.115. The monoisotopic (exact) mass is 287 g/mol. The Balaban J connectivity index is 2.27. The second-order valence-electron chi connectivity index (χ2n) is 4.42. The normalized spacial score (nSPS) is 16.4. The molecule has 0 fully saturated rings. The highest BCUT2D eigenvalue weighted by atomic mass is 32.2. The second kappa shape index (κ2) is 4.85. The molecule has 0 saturated carbocycles. The maximum atomic E-state index is 12.6. The summed E-state index contributed by atoms with van der Waals surface area (Å²) >= 11 is -1.29. The molecular weight excluding hydrogens is 274 g/mol. The molecule has 0 aliphatic carbocycles. The predicted molar refractivity (Wildman–Crippen MR) is 76.9 cm³/mol. The summed E-state index contributed by atoms with van der Waals surface area (Å²) < 4.78 is 17.8. The molecule has 0 saturated heterocycles. The zero-order chi connectivity index (χ0) is 14.3. The van der Waals surface area contributed by atoms with Gasteiger partial charge in [0.25, 0.3) is 0 Å². The number of rotatable bonds is 1. The van der Waals surface area contributed by atoms with Crippen LogP contribution in [-0.2, 0) is 16.0 Å². The van der Waals surface area contributed by atoms with Crippen LogP contribution in [0.2, 0.25) is 0 Å². The van der Waals surface area contributed by atoms with E-state index in [-0.39, 0.29) is 5.91 Å². The Bertz CT molecular complexity index is 687. The third-order valence-electron chi connectivity index (χ3n) is 3.23. The van der Waals surface area contributed by atoms with Gasteiger partial charge >= 0.3 is 0 Å². The minimum absolute atomic E-state index is 0.122. The summed E-state index contributed by atoms with van der Waals surface area (Å²) in [6.45, 7) is 1.49. The maximum absolute atomic E-state index is 12.6. The van der Waals surface area contributed by atoms with E-state index in [4.69, 9.17) is 4.74 Å². The molecule has 20 heavy (non-hydrogen) atoms. The van der Waals surface area contributed by atoms with E-state index in [2.05, 4.69) is 0 Å². The van der Waals surface area contributed by atoms with Crippen LogP contribution in [0.4, 0.5) is 11.4 Å². The minimum Gasteiger partial charge on any atom is -0.606 e. The third-order valence-corrected chi connectivity index (χ3v) is 4.72. The first kappa shape index (κ1) is 13.0. The molecule has 2 aromatic carbocycles. The number of carbonyl (C=O) groups is 1. The zero-order valence-electron chi connectivity index (χ0n) is 11.1. The van der Waals surface area contributed by atoms with Crippen LogP contribution in [0, 0.1) is 0 Å². The van der Waals surface area contributed by atoms with Crippen LogP contribution in [-0.4, -0.2) is 17.6 Å². The maximum Gasteiger partial charge on any atom is 0.228 e. The van der Waals surface area contributed by atoms with Gasteiger partial charge in [0.1, 0.15) is 17.1 Å². The van der Waals surface area contributed by atoms with Crippen molar-refractivity contribution in [3.05, 3.63) is 42.5 Å². The van der Waals surface area contributed by atoms with Gasteiger partial charge in [-0.25, -0.2) is 0 Å². The smallest absolute Gasteiger partial charge is 0.228 e. The topological polar surface area (TPSA) is 52.6 Å². The van der Waals surface area contributed by atoms with Gasteiger partial charge < -0.3 is 9.29 Å². The molecule has 1 amide bonds. The molecule has 3 rings (SSSR count). The summed E-state index contributed by atoms with van der Waals surface area (Å²) in [7, 11) is 1.56. The average molecular weight is 287 g/mol. The largest absolute Gasteiger partial charge is 0.606 e. The van der Waals surface area contributed by atoms with Crippen LogP contribution < -0.4 is 9.64 Å². The Kier molecular flexibility index (Phi) is 3.16. The first-order valence-corrected chi connectivity index (χ1v) is 7.28. The molecule has 1 aliphatic heterocycles. The van der Waals surface area contributed by atoms with Gasteiger partial charge in [0.2, 0.25) is 5.91 Å². The molecule has 1 heterocycles. The van der Waals surface area contributed by atoms with Crippen molar-refractivity contribution in [3.63, 3.8) is 0 Å². The molecule has 0 bridgehead atoms. The summed E-state index contributed by atoms with van der Waals surface area (Å²) in [5, 5.41) is 0. The number of para-hydroxylation sites is 1. The molecule has 102 valence electrons. The van der Waals surface area contributed by atoms with Gasteiger partial charge in [-0.15, -0.1) is 0 Å². The van der Waals surface area contributed by atoms with Crippen LogP contribution in [0.1, 0.15) is 6.92 Å². The van der Waals surface area contributed by atoms with E-state index in [0.717, 1.165) is 0 Å². The molecule has 0 aromatic heterocycles. The number of nitrogens with zero attached hydrogens (tertiary/aromatic N) is 1. The number of ether oxygens (including phenoxy) is 1. The van der Waals surface area contributed by atoms with Crippen LogP contribution in [0.25, 0.3) is 0 Å². The molecule has 0 N–H and O–H groups in total. The number of methoxy groups -OCH3 is 1. The van der Waals surface area contributed by atoms with E-state index in [1.54, 1.807) is 42.3 Å². The Morgan fingerprint density at radius 2 is 1.85 bits per heavy atom. The van der Waals surface area contributed by atoms with E-state index < -0.39 is 11.2 Å². The molecule has 4 nitrogen and oxygen atoms in total. The van der Waals surface area contributed by atoms with E-state index in [1.807, 2.05) is 12.1 Å². The van der Waals surface area contributed by atoms with Crippen molar-refractivity contribution in [3.8, 4) is 5.75 Å². The zero-order valence-corrected chi connectivity index (χ0v) is 11.9. The summed E-state index contributed by atoms with van der Waals surface area (Å²) in [5.41, 5.74) is 1.29. The van der Waals surface area contributed by atoms with Crippen molar-refractivity contribution in [2.24, 2.45) is 0 Å². The fraction of sp³-hybridized carbons (Fsp3) is 0.133.